The Morgan fingerprint density at radius 1 is 0.750 bits per heavy atom. The Bertz CT molecular complexity index is 1080. The van der Waals surface area contributed by atoms with Crippen LogP contribution in [-0.4, -0.2) is 45.2 Å². The lowest BCUT2D eigenvalue weighted by Gasteiger charge is -2.34. The van der Waals surface area contributed by atoms with Gasteiger partial charge < -0.3 is 10.2 Å². The zero-order valence-electron chi connectivity index (χ0n) is 22.3. The van der Waals surface area contributed by atoms with E-state index in [1.165, 1.54) is 38.5 Å². The van der Waals surface area contributed by atoms with E-state index in [1.807, 2.05) is 18.2 Å². The maximum absolute atomic E-state index is 11.6. The second kappa shape index (κ2) is 12.1. The van der Waals surface area contributed by atoms with Gasteiger partial charge in [-0.15, -0.1) is 13.2 Å². The minimum atomic E-state index is 0.355. The van der Waals surface area contributed by atoms with Crippen LogP contribution in [0, 0.1) is 0 Å². The molecule has 4 nitrogen and oxygen atoms in total. The topological polar surface area (TPSA) is 46.9 Å². The summed E-state index contributed by atoms with van der Waals surface area (Å²) in [6.45, 7) is 16.0. The van der Waals surface area contributed by atoms with Gasteiger partial charge >= 0.3 is 0 Å². The van der Waals surface area contributed by atoms with Gasteiger partial charge in [-0.2, -0.15) is 0 Å². The van der Waals surface area contributed by atoms with Crippen molar-refractivity contribution in [1.82, 2.24) is 9.80 Å². The first-order chi connectivity index (χ1) is 17.4. The van der Waals surface area contributed by atoms with Gasteiger partial charge in [-0.25, -0.2) is 0 Å². The molecule has 2 atom stereocenters. The van der Waals surface area contributed by atoms with Crippen LogP contribution in [0.1, 0.15) is 74.6 Å². The molecule has 0 aliphatic carbocycles. The Labute approximate surface area is 218 Å². The van der Waals surface area contributed by atoms with Gasteiger partial charge in [-0.05, 0) is 100 Å². The first kappa shape index (κ1) is 26.5. The summed E-state index contributed by atoms with van der Waals surface area (Å²) in [4.78, 5) is 4.96. The first-order valence-corrected chi connectivity index (χ1v) is 13.8. The molecule has 2 unspecified atom stereocenters. The van der Waals surface area contributed by atoms with E-state index in [9.17, 15) is 10.2 Å². The van der Waals surface area contributed by atoms with Crippen LogP contribution in [-0.2, 0) is 25.9 Å². The van der Waals surface area contributed by atoms with Gasteiger partial charge in [0, 0.05) is 41.9 Å². The smallest absolute Gasteiger partial charge is 0.127 e. The number of likely N-dealkylation sites (tertiary alicyclic amines) is 2. The van der Waals surface area contributed by atoms with Crippen molar-refractivity contribution in [3.8, 4) is 22.6 Å². The molecular weight excluding hydrogens is 444 g/mol. The predicted octanol–water partition coefficient (Wildman–Crippen LogP) is 6.97. The molecule has 36 heavy (non-hydrogen) atoms. The molecule has 2 N–H and O–H groups in total. The van der Waals surface area contributed by atoms with Gasteiger partial charge in [0.1, 0.15) is 11.5 Å². The maximum Gasteiger partial charge on any atom is 0.127 e. The van der Waals surface area contributed by atoms with Crippen LogP contribution < -0.4 is 0 Å². The Hall–Kier alpha value is -2.56. The van der Waals surface area contributed by atoms with Crippen molar-refractivity contribution in [1.29, 1.82) is 0 Å². The molecule has 2 fully saturated rings. The number of hydrogen-bond donors (Lipinski definition) is 2. The Morgan fingerprint density at radius 3 is 1.86 bits per heavy atom. The van der Waals surface area contributed by atoms with E-state index >= 15 is 0 Å². The fourth-order valence-electron chi connectivity index (χ4n) is 5.96. The monoisotopic (exact) mass is 488 g/mol. The maximum atomic E-state index is 11.6. The summed E-state index contributed by atoms with van der Waals surface area (Å²) in [7, 11) is 0. The van der Waals surface area contributed by atoms with Crippen LogP contribution in [0.25, 0.3) is 11.1 Å². The lowest BCUT2D eigenvalue weighted by Crippen LogP contribution is -2.36. The van der Waals surface area contributed by atoms with Crippen molar-refractivity contribution in [2.24, 2.45) is 0 Å². The van der Waals surface area contributed by atoms with Gasteiger partial charge in [0.25, 0.3) is 0 Å². The molecule has 194 valence electrons. The number of aromatic hydroxyl groups is 2. The first-order valence-electron chi connectivity index (χ1n) is 13.8. The van der Waals surface area contributed by atoms with E-state index in [0.717, 1.165) is 66.0 Å². The molecular formula is C32H44N2O2. The minimum absolute atomic E-state index is 0.355. The highest BCUT2D eigenvalue weighted by Gasteiger charge is 2.23. The number of rotatable bonds is 9. The second-order valence-corrected chi connectivity index (χ2v) is 10.9. The summed E-state index contributed by atoms with van der Waals surface area (Å²) in [5, 5.41) is 22.7. The molecule has 2 aliphatic rings. The highest BCUT2D eigenvalue weighted by atomic mass is 16.3. The third kappa shape index (κ3) is 6.04. The van der Waals surface area contributed by atoms with Gasteiger partial charge in [-0.3, -0.25) is 9.80 Å². The second-order valence-electron chi connectivity index (χ2n) is 10.9. The number of phenols is 2. The van der Waals surface area contributed by atoms with Crippen molar-refractivity contribution in [3.63, 3.8) is 0 Å². The van der Waals surface area contributed by atoms with E-state index in [4.69, 9.17) is 0 Å². The molecule has 4 rings (SSSR count). The number of benzene rings is 2. The fourth-order valence-corrected chi connectivity index (χ4v) is 5.96. The average molecular weight is 489 g/mol. The Balaban J connectivity index is 1.76. The molecule has 0 amide bonds. The quantitative estimate of drug-likeness (QED) is 0.374. The summed E-state index contributed by atoms with van der Waals surface area (Å²) in [6.07, 6.45) is 12.5. The van der Waals surface area contributed by atoms with Crippen molar-refractivity contribution in [2.45, 2.75) is 90.4 Å². The lowest BCUT2D eigenvalue weighted by molar-refractivity contribution is 0.151. The van der Waals surface area contributed by atoms with Gasteiger partial charge in [0.15, 0.2) is 0 Å². The van der Waals surface area contributed by atoms with Crippen molar-refractivity contribution >= 4 is 0 Å². The molecule has 0 saturated carbocycles. The Kier molecular flexibility index (Phi) is 8.92. The lowest BCUT2D eigenvalue weighted by atomic mass is 9.92. The van der Waals surface area contributed by atoms with Gasteiger partial charge in [0.05, 0.1) is 0 Å². The van der Waals surface area contributed by atoms with Crippen molar-refractivity contribution in [2.75, 3.05) is 13.1 Å². The average Bonchev–Trinajstić information content (AvgIpc) is 2.86. The molecule has 2 aliphatic heterocycles. The highest BCUT2D eigenvalue weighted by Crippen LogP contribution is 2.39. The summed E-state index contributed by atoms with van der Waals surface area (Å²) in [6, 6.07) is 9.38. The van der Waals surface area contributed by atoms with E-state index in [2.05, 4.69) is 55.0 Å². The highest BCUT2D eigenvalue weighted by molar-refractivity contribution is 5.75. The summed E-state index contributed by atoms with van der Waals surface area (Å²) < 4.78 is 0. The molecule has 2 heterocycles. The zero-order chi connectivity index (χ0) is 25.7. The third-order valence-electron chi connectivity index (χ3n) is 8.20. The molecule has 2 saturated heterocycles. The van der Waals surface area contributed by atoms with Crippen LogP contribution >= 0.6 is 0 Å². The number of piperidine rings is 2. The largest absolute Gasteiger partial charge is 0.507 e. The van der Waals surface area contributed by atoms with Gasteiger partial charge in [0.2, 0.25) is 0 Å². The van der Waals surface area contributed by atoms with Crippen molar-refractivity contribution < 1.29 is 10.2 Å². The number of hydrogen-bond acceptors (Lipinski definition) is 4. The molecule has 0 aromatic heterocycles. The molecule has 0 radical (unpaired) electrons. The van der Waals surface area contributed by atoms with Crippen LogP contribution in [0.15, 0.2) is 49.6 Å². The molecule has 4 heteroatoms. The molecule has 2 aromatic rings. The number of allylic oxidation sites excluding steroid dienone is 2. The summed E-state index contributed by atoms with van der Waals surface area (Å²) in [5.74, 6) is 0.716. The van der Waals surface area contributed by atoms with E-state index in [-0.39, 0.29) is 0 Å². The summed E-state index contributed by atoms with van der Waals surface area (Å²) >= 11 is 0. The summed E-state index contributed by atoms with van der Waals surface area (Å²) in [5.41, 5.74) is 5.72. The minimum Gasteiger partial charge on any atom is -0.507 e. The van der Waals surface area contributed by atoms with E-state index in [0.29, 0.717) is 30.0 Å². The standard InChI is InChI=1S/C32H44N2O2/c1-5-11-25-17-28(21-33-15-9-7-13-23(33)3)32(36)30(18-25)27-19-26(12-6-2)31(35)29(20-27)22-34-16-10-8-14-24(34)4/h5-6,17-20,23-24,35-36H,1-2,7-16,21-22H2,3-4H3. The SMILES string of the molecule is C=CCc1cc(CN2CCCCC2C)c(O)c(-c2cc(CC=C)c(O)c(CN3CCCCC3C)c2)c1. The van der Waals surface area contributed by atoms with Crippen LogP contribution in [0.3, 0.4) is 0 Å². The fraction of sp³-hybridized carbons (Fsp3) is 0.500. The van der Waals surface area contributed by atoms with Crippen LogP contribution in [0.5, 0.6) is 11.5 Å². The van der Waals surface area contributed by atoms with Crippen molar-refractivity contribution in [3.05, 3.63) is 71.8 Å². The van der Waals surface area contributed by atoms with E-state index in [1.54, 1.807) is 0 Å². The molecule has 2 aromatic carbocycles. The normalized spacial score (nSPS) is 21.4. The zero-order valence-corrected chi connectivity index (χ0v) is 22.3. The van der Waals surface area contributed by atoms with Gasteiger partial charge in [-0.1, -0.05) is 31.1 Å². The van der Waals surface area contributed by atoms with E-state index < -0.39 is 0 Å². The molecule has 0 spiro atoms. The molecule has 0 bridgehead atoms. The predicted molar refractivity (Wildman–Crippen MR) is 150 cm³/mol. The number of phenolic OH excluding ortho intramolecular Hbond substituents is 2. The number of nitrogens with zero attached hydrogens (tertiary/aromatic N) is 2. The van der Waals surface area contributed by atoms with Crippen LogP contribution in [0.2, 0.25) is 0 Å². The Morgan fingerprint density at radius 2 is 1.31 bits per heavy atom. The third-order valence-corrected chi connectivity index (χ3v) is 8.20. The van der Waals surface area contributed by atoms with Crippen LogP contribution in [0.4, 0.5) is 0 Å².